The van der Waals surface area contributed by atoms with Crippen molar-refractivity contribution < 1.29 is 9.47 Å². The van der Waals surface area contributed by atoms with Gasteiger partial charge >= 0.3 is 0 Å². The second-order valence-electron chi connectivity index (χ2n) is 6.06. The maximum atomic E-state index is 5.33. The molecule has 0 saturated heterocycles. The van der Waals surface area contributed by atoms with Crippen LogP contribution < -0.4 is 9.47 Å². The van der Waals surface area contributed by atoms with Crippen LogP contribution in [-0.4, -0.2) is 45.5 Å². The van der Waals surface area contributed by atoms with Crippen LogP contribution in [0.15, 0.2) is 59.7 Å². The highest BCUT2D eigenvalue weighted by Gasteiger charge is 2.12. The Labute approximate surface area is 171 Å². The average molecular weight is 406 g/mol. The van der Waals surface area contributed by atoms with Crippen LogP contribution in [0.4, 0.5) is 0 Å². The highest BCUT2D eigenvalue weighted by atomic mass is 32.1. The first kappa shape index (κ1) is 18.6. The Balaban J connectivity index is 1.66. The molecule has 0 fully saturated rings. The predicted octanol–water partition coefficient (Wildman–Crippen LogP) is 3.90. The molecule has 2 aromatic carbocycles. The molecule has 2 heterocycles. The van der Waals surface area contributed by atoms with Gasteiger partial charge in [-0.3, -0.25) is 5.10 Å². The molecular formula is C20H18N6O2S. The van der Waals surface area contributed by atoms with Crippen LogP contribution in [0.25, 0.3) is 22.8 Å². The summed E-state index contributed by atoms with van der Waals surface area (Å²) in [4.78, 5) is 0. The minimum atomic E-state index is 0.368. The van der Waals surface area contributed by atoms with Gasteiger partial charge in [-0.25, -0.2) is 5.10 Å². The first-order valence-corrected chi connectivity index (χ1v) is 9.15. The summed E-state index contributed by atoms with van der Waals surface area (Å²) in [6.07, 6.45) is 1.67. The third-order valence-corrected chi connectivity index (χ3v) is 4.53. The zero-order valence-corrected chi connectivity index (χ0v) is 16.6. The first-order valence-electron chi connectivity index (χ1n) is 8.74. The molecule has 2 aromatic heterocycles. The molecule has 0 radical (unpaired) electrons. The van der Waals surface area contributed by atoms with Gasteiger partial charge in [-0.15, -0.1) is 0 Å². The first-order chi connectivity index (χ1) is 14.2. The van der Waals surface area contributed by atoms with E-state index in [-0.39, 0.29) is 0 Å². The monoisotopic (exact) mass is 406 g/mol. The van der Waals surface area contributed by atoms with Gasteiger partial charge in [0.2, 0.25) is 10.6 Å². The fraction of sp³-hybridized carbons (Fsp3) is 0.100. The lowest BCUT2D eigenvalue weighted by atomic mass is 10.1. The van der Waals surface area contributed by atoms with Crippen molar-refractivity contribution in [3.63, 3.8) is 0 Å². The van der Waals surface area contributed by atoms with E-state index in [4.69, 9.17) is 21.7 Å². The molecule has 146 valence electrons. The van der Waals surface area contributed by atoms with Crippen molar-refractivity contribution in [2.45, 2.75) is 0 Å². The third-order valence-electron chi connectivity index (χ3n) is 4.27. The van der Waals surface area contributed by atoms with Gasteiger partial charge in [0.05, 0.1) is 26.1 Å². The molecule has 0 unspecified atom stereocenters. The van der Waals surface area contributed by atoms with Gasteiger partial charge in [0.1, 0.15) is 5.69 Å². The Hall–Kier alpha value is -3.72. The van der Waals surface area contributed by atoms with Crippen molar-refractivity contribution in [2.24, 2.45) is 5.10 Å². The summed E-state index contributed by atoms with van der Waals surface area (Å²) < 4.78 is 12.5. The Morgan fingerprint density at radius 1 is 0.966 bits per heavy atom. The lowest BCUT2D eigenvalue weighted by molar-refractivity contribution is 0.355. The molecule has 29 heavy (non-hydrogen) atoms. The fourth-order valence-corrected chi connectivity index (χ4v) is 3.00. The zero-order chi connectivity index (χ0) is 20.2. The quantitative estimate of drug-likeness (QED) is 0.374. The molecule has 4 rings (SSSR count). The normalized spacial score (nSPS) is 11.1. The topological polar surface area (TPSA) is 93.1 Å². The van der Waals surface area contributed by atoms with E-state index in [1.165, 1.54) is 4.68 Å². The highest BCUT2D eigenvalue weighted by molar-refractivity contribution is 7.71. The molecular weight excluding hydrogens is 388 g/mol. The lowest BCUT2D eigenvalue weighted by Gasteiger charge is -2.07. The minimum absolute atomic E-state index is 0.368. The summed E-state index contributed by atoms with van der Waals surface area (Å²) in [5.74, 6) is 1.80. The van der Waals surface area contributed by atoms with Crippen molar-refractivity contribution in [3.8, 4) is 34.3 Å². The lowest BCUT2D eigenvalue weighted by Crippen LogP contribution is -1.96. The Morgan fingerprint density at radius 2 is 1.76 bits per heavy atom. The summed E-state index contributed by atoms with van der Waals surface area (Å²) in [6, 6.07) is 17.3. The number of ether oxygens (including phenoxy) is 2. The number of rotatable bonds is 6. The summed E-state index contributed by atoms with van der Waals surface area (Å²) in [5.41, 5.74) is 3.33. The van der Waals surface area contributed by atoms with E-state index in [1.807, 2.05) is 54.6 Å². The predicted molar refractivity (Wildman–Crippen MR) is 113 cm³/mol. The molecule has 0 spiro atoms. The Bertz CT molecular complexity index is 1210. The number of H-pyrrole nitrogens is 2. The van der Waals surface area contributed by atoms with Crippen LogP contribution in [0.2, 0.25) is 0 Å². The fourth-order valence-electron chi connectivity index (χ4n) is 2.82. The van der Waals surface area contributed by atoms with E-state index in [0.29, 0.717) is 27.8 Å². The van der Waals surface area contributed by atoms with Gasteiger partial charge in [0, 0.05) is 5.56 Å². The zero-order valence-electron chi connectivity index (χ0n) is 15.8. The SMILES string of the molecule is COc1ccc(/C=N/n2c(-c3cc(-c4ccccc4)n[nH]3)n[nH]c2=S)cc1OC. The standard InChI is InChI=1S/C20H18N6O2S/c1-27-17-9-8-13(10-18(17)28-2)12-21-26-19(24-25-20(26)29)16-11-15(22-23-16)14-6-4-3-5-7-14/h3-12H,1-2H3,(H,22,23)(H,25,29)/b21-12+. The molecule has 2 N–H and O–H groups in total. The summed E-state index contributed by atoms with van der Waals surface area (Å²) in [6.45, 7) is 0. The van der Waals surface area contributed by atoms with Crippen molar-refractivity contribution in [2.75, 3.05) is 14.2 Å². The van der Waals surface area contributed by atoms with Gasteiger partial charge in [0.25, 0.3) is 0 Å². The average Bonchev–Trinajstić information content (AvgIpc) is 3.39. The van der Waals surface area contributed by atoms with Crippen LogP contribution in [0.1, 0.15) is 5.56 Å². The van der Waals surface area contributed by atoms with Crippen LogP contribution in [0.5, 0.6) is 11.5 Å². The van der Waals surface area contributed by atoms with E-state index in [1.54, 1.807) is 20.4 Å². The van der Waals surface area contributed by atoms with E-state index in [9.17, 15) is 0 Å². The van der Waals surface area contributed by atoms with E-state index >= 15 is 0 Å². The molecule has 0 aliphatic rings. The van der Waals surface area contributed by atoms with Crippen LogP contribution >= 0.6 is 12.2 Å². The van der Waals surface area contributed by atoms with Gasteiger partial charge in [-0.2, -0.15) is 20.0 Å². The number of nitrogens with one attached hydrogen (secondary N) is 2. The van der Waals surface area contributed by atoms with Crippen LogP contribution in [-0.2, 0) is 0 Å². The van der Waals surface area contributed by atoms with Gasteiger partial charge in [-0.05, 0) is 42.0 Å². The number of methoxy groups -OCH3 is 2. The van der Waals surface area contributed by atoms with Crippen molar-refractivity contribution in [1.82, 2.24) is 25.1 Å². The van der Waals surface area contributed by atoms with E-state index in [2.05, 4.69) is 25.5 Å². The minimum Gasteiger partial charge on any atom is -0.493 e. The van der Waals surface area contributed by atoms with E-state index < -0.39 is 0 Å². The molecule has 0 saturated carbocycles. The van der Waals surface area contributed by atoms with Crippen molar-refractivity contribution >= 4 is 18.4 Å². The Morgan fingerprint density at radius 3 is 2.52 bits per heavy atom. The van der Waals surface area contributed by atoms with Gasteiger partial charge in [0.15, 0.2) is 11.5 Å². The highest BCUT2D eigenvalue weighted by Crippen LogP contribution is 2.27. The summed E-state index contributed by atoms with van der Waals surface area (Å²) in [7, 11) is 3.18. The number of nitrogens with zero attached hydrogens (tertiary/aromatic N) is 4. The van der Waals surface area contributed by atoms with Gasteiger partial charge in [-0.1, -0.05) is 30.3 Å². The molecule has 0 bridgehead atoms. The summed E-state index contributed by atoms with van der Waals surface area (Å²) >= 11 is 5.33. The molecule has 0 aliphatic carbocycles. The van der Waals surface area contributed by atoms with Gasteiger partial charge < -0.3 is 9.47 Å². The number of hydrogen-bond donors (Lipinski definition) is 2. The smallest absolute Gasteiger partial charge is 0.216 e. The maximum absolute atomic E-state index is 5.33. The number of aromatic nitrogens is 5. The Kier molecular flexibility index (Phi) is 5.21. The summed E-state index contributed by atoms with van der Waals surface area (Å²) in [5, 5.41) is 18.9. The largest absolute Gasteiger partial charge is 0.493 e. The molecule has 4 aromatic rings. The number of hydrogen-bond acceptors (Lipinski definition) is 6. The molecule has 8 nitrogen and oxygen atoms in total. The van der Waals surface area contributed by atoms with Crippen LogP contribution in [0, 0.1) is 4.77 Å². The molecule has 0 atom stereocenters. The number of aromatic amines is 2. The van der Waals surface area contributed by atoms with E-state index in [0.717, 1.165) is 16.8 Å². The third kappa shape index (κ3) is 3.81. The molecule has 0 aliphatic heterocycles. The number of benzene rings is 2. The second-order valence-corrected chi connectivity index (χ2v) is 6.44. The second kappa shape index (κ2) is 8.11. The molecule has 9 heteroatoms. The van der Waals surface area contributed by atoms with Crippen LogP contribution in [0.3, 0.4) is 0 Å². The van der Waals surface area contributed by atoms with Crippen molar-refractivity contribution in [3.05, 3.63) is 64.9 Å². The molecule has 0 amide bonds. The van der Waals surface area contributed by atoms with Crippen molar-refractivity contribution in [1.29, 1.82) is 0 Å². The maximum Gasteiger partial charge on any atom is 0.216 e.